The summed E-state index contributed by atoms with van der Waals surface area (Å²) in [5.41, 5.74) is 1.05. The maximum Gasteiger partial charge on any atom is 0.180 e. The minimum atomic E-state index is -0.507. The molecule has 16 heavy (non-hydrogen) atoms. The summed E-state index contributed by atoms with van der Waals surface area (Å²) >= 11 is 0. The van der Waals surface area contributed by atoms with Crippen LogP contribution in [0.15, 0.2) is 24.3 Å². The third-order valence-electron chi connectivity index (χ3n) is 2.81. The lowest BCUT2D eigenvalue weighted by Crippen LogP contribution is -2.14. The first-order valence-electron chi connectivity index (χ1n) is 5.20. The predicted octanol–water partition coefficient (Wildman–Crippen LogP) is 2.29. The Morgan fingerprint density at radius 3 is 2.31 bits per heavy atom. The van der Waals surface area contributed by atoms with Crippen LogP contribution in [0.5, 0.6) is 0 Å². The Bertz CT molecular complexity index is 486. The van der Waals surface area contributed by atoms with Crippen LogP contribution >= 0.6 is 0 Å². The van der Waals surface area contributed by atoms with Crippen molar-refractivity contribution < 1.29 is 4.79 Å². The third kappa shape index (κ3) is 1.94. The SMILES string of the molecule is N#Cc1ccc(C(=O)C(C#N)C2CC2)cc1. The molecule has 0 radical (unpaired) electrons. The maximum absolute atomic E-state index is 12.0. The fourth-order valence-electron chi connectivity index (χ4n) is 1.70. The number of rotatable bonds is 3. The molecule has 1 atom stereocenters. The van der Waals surface area contributed by atoms with Crippen LogP contribution in [0.4, 0.5) is 0 Å². The van der Waals surface area contributed by atoms with Crippen molar-refractivity contribution in [3.05, 3.63) is 35.4 Å². The monoisotopic (exact) mass is 210 g/mol. The highest BCUT2D eigenvalue weighted by Crippen LogP contribution is 2.38. The van der Waals surface area contributed by atoms with E-state index >= 15 is 0 Å². The molecule has 3 nitrogen and oxygen atoms in total. The fourth-order valence-corrected chi connectivity index (χ4v) is 1.70. The highest BCUT2D eigenvalue weighted by Gasteiger charge is 2.36. The summed E-state index contributed by atoms with van der Waals surface area (Å²) in [6, 6.07) is 10.5. The second-order valence-corrected chi connectivity index (χ2v) is 4.00. The average molecular weight is 210 g/mol. The van der Waals surface area contributed by atoms with Gasteiger partial charge in [-0.25, -0.2) is 0 Å². The molecule has 78 valence electrons. The maximum atomic E-state index is 12.0. The highest BCUT2D eigenvalue weighted by molar-refractivity contribution is 5.99. The lowest BCUT2D eigenvalue weighted by molar-refractivity contribution is 0.0937. The molecule has 1 fully saturated rings. The number of Topliss-reactive ketones (excluding diaryl/α,β-unsaturated/α-hetero) is 1. The number of nitrogens with zero attached hydrogens (tertiary/aromatic N) is 2. The van der Waals surface area contributed by atoms with Gasteiger partial charge in [0.05, 0.1) is 17.7 Å². The summed E-state index contributed by atoms with van der Waals surface area (Å²) in [5.74, 6) is -0.379. The molecular weight excluding hydrogens is 200 g/mol. The molecule has 0 bridgehead atoms. The van der Waals surface area contributed by atoms with Gasteiger partial charge in [0.25, 0.3) is 0 Å². The first-order chi connectivity index (χ1) is 7.76. The smallest absolute Gasteiger partial charge is 0.180 e. The van der Waals surface area contributed by atoms with E-state index in [2.05, 4.69) is 6.07 Å². The van der Waals surface area contributed by atoms with Crippen LogP contribution in [-0.2, 0) is 0 Å². The Morgan fingerprint density at radius 2 is 1.88 bits per heavy atom. The molecule has 0 amide bonds. The van der Waals surface area contributed by atoms with Gasteiger partial charge >= 0.3 is 0 Å². The van der Waals surface area contributed by atoms with Crippen molar-refractivity contribution in [2.24, 2.45) is 11.8 Å². The first kappa shape index (κ1) is 10.4. The van der Waals surface area contributed by atoms with E-state index in [4.69, 9.17) is 10.5 Å². The molecule has 1 aliphatic carbocycles. The Morgan fingerprint density at radius 1 is 1.25 bits per heavy atom. The number of nitriles is 2. The number of hydrogen-bond donors (Lipinski definition) is 0. The van der Waals surface area contributed by atoms with Gasteiger partial charge in [-0.15, -0.1) is 0 Å². The highest BCUT2D eigenvalue weighted by atomic mass is 16.1. The van der Waals surface area contributed by atoms with Crippen molar-refractivity contribution in [3.8, 4) is 12.1 Å². The van der Waals surface area contributed by atoms with E-state index in [1.165, 1.54) is 0 Å². The van der Waals surface area contributed by atoms with E-state index in [-0.39, 0.29) is 11.7 Å². The molecule has 1 saturated carbocycles. The van der Waals surface area contributed by atoms with E-state index in [1.54, 1.807) is 24.3 Å². The number of hydrogen-bond acceptors (Lipinski definition) is 3. The molecule has 0 aromatic heterocycles. The number of carbonyl (C=O) groups excluding carboxylic acids is 1. The van der Waals surface area contributed by atoms with Crippen LogP contribution in [-0.4, -0.2) is 5.78 Å². The summed E-state index contributed by atoms with van der Waals surface area (Å²) in [4.78, 5) is 12.0. The lowest BCUT2D eigenvalue weighted by atomic mass is 9.94. The fraction of sp³-hybridized carbons (Fsp3) is 0.308. The minimum absolute atomic E-state index is 0.116. The van der Waals surface area contributed by atoms with Crippen LogP contribution in [0.2, 0.25) is 0 Å². The lowest BCUT2D eigenvalue weighted by Gasteiger charge is -2.05. The summed E-state index contributed by atoms with van der Waals surface area (Å²) in [6.07, 6.45) is 1.94. The van der Waals surface area contributed by atoms with Crippen molar-refractivity contribution in [3.63, 3.8) is 0 Å². The second-order valence-electron chi connectivity index (χ2n) is 4.00. The molecule has 1 aliphatic rings. The van der Waals surface area contributed by atoms with E-state index in [0.29, 0.717) is 11.1 Å². The van der Waals surface area contributed by atoms with Crippen LogP contribution < -0.4 is 0 Å². The van der Waals surface area contributed by atoms with Gasteiger partial charge in [0.2, 0.25) is 0 Å². The Labute approximate surface area is 93.9 Å². The average Bonchev–Trinajstić information content (AvgIpc) is 3.14. The van der Waals surface area contributed by atoms with Gasteiger partial charge in [-0.2, -0.15) is 10.5 Å². The van der Waals surface area contributed by atoms with Gasteiger partial charge in [-0.3, -0.25) is 4.79 Å². The summed E-state index contributed by atoms with van der Waals surface area (Å²) in [7, 11) is 0. The zero-order valence-electron chi connectivity index (χ0n) is 8.68. The standard InChI is InChI=1S/C13H10N2O/c14-7-9-1-3-11(4-2-9)13(16)12(8-15)10-5-6-10/h1-4,10,12H,5-6H2. The minimum Gasteiger partial charge on any atom is -0.293 e. The topological polar surface area (TPSA) is 64.7 Å². The molecule has 0 spiro atoms. The summed E-state index contributed by atoms with van der Waals surface area (Å²) in [5, 5.41) is 17.6. The molecule has 1 aromatic rings. The molecule has 0 aliphatic heterocycles. The Balaban J connectivity index is 2.20. The van der Waals surface area contributed by atoms with Gasteiger partial charge in [-0.05, 0) is 30.9 Å². The molecule has 1 aromatic carbocycles. The van der Waals surface area contributed by atoms with Gasteiger partial charge in [-0.1, -0.05) is 12.1 Å². The molecular formula is C13H10N2O. The summed E-state index contributed by atoms with van der Waals surface area (Å²) < 4.78 is 0. The number of ketones is 1. The second kappa shape index (κ2) is 4.16. The molecule has 0 heterocycles. The Kier molecular flexibility index (Phi) is 2.70. The summed E-state index contributed by atoms with van der Waals surface area (Å²) in [6.45, 7) is 0. The molecule has 3 heteroatoms. The zero-order valence-corrected chi connectivity index (χ0v) is 8.68. The van der Waals surface area contributed by atoms with Crippen molar-refractivity contribution in [2.75, 3.05) is 0 Å². The van der Waals surface area contributed by atoms with Crippen LogP contribution in [0.3, 0.4) is 0 Å². The normalized spacial score (nSPS) is 15.9. The molecule has 1 unspecified atom stereocenters. The van der Waals surface area contributed by atoms with E-state index in [0.717, 1.165) is 12.8 Å². The van der Waals surface area contributed by atoms with Crippen molar-refractivity contribution in [2.45, 2.75) is 12.8 Å². The molecule has 0 N–H and O–H groups in total. The number of carbonyl (C=O) groups is 1. The van der Waals surface area contributed by atoms with E-state index in [9.17, 15) is 4.79 Å². The number of benzene rings is 1. The van der Waals surface area contributed by atoms with Crippen LogP contribution in [0.25, 0.3) is 0 Å². The first-order valence-corrected chi connectivity index (χ1v) is 5.20. The zero-order chi connectivity index (χ0) is 11.5. The molecule has 0 saturated heterocycles. The quantitative estimate of drug-likeness (QED) is 0.719. The predicted molar refractivity (Wildman–Crippen MR) is 57.3 cm³/mol. The largest absolute Gasteiger partial charge is 0.293 e. The van der Waals surface area contributed by atoms with Gasteiger partial charge in [0.1, 0.15) is 5.92 Å². The van der Waals surface area contributed by atoms with E-state index < -0.39 is 5.92 Å². The Hall–Kier alpha value is -2.13. The third-order valence-corrected chi connectivity index (χ3v) is 2.81. The van der Waals surface area contributed by atoms with Crippen LogP contribution in [0, 0.1) is 34.5 Å². The van der Waals surface area contributed by atoms with Crippen molar-refractivity contribution in [1.82, 2.24) is 0 Å². The van der Waals surface area contributed by atoms with Gasteiger partial charge in [0, 0.05) is 5.56 Å². The van der Waals surface area contributed by atoms with Crippen LogP contribution in [0.1, 0.15) is 28.8 Å². The van der Waals surface area contributed by atoms with Crippen molar-refractivity contribution >= 4 is 5.78 Å². The van der Waals surface area contributed by atoms with Gasteiger partial charge in [0.15, 0.2) is 5.78 Å². The van der Waals surface area contributed by atoms with E-state index in [1.807, 2.05) is 6.07 Å². The molecule has 2 rings (SSSR count). The van der Waals surface area contributed by atoms with Gasteiger partial charge < -0.3 is 0 Å². The van der Waals surface area contributed by atoms with Crippen molar-refractivity contribution in [1.29, 1.82) is 10.5 Å².